The summed E-state index contributed by atoms with van der Waals surface area (Å²) in [6.45, 7) is 4.87. The Balaban J connectivity index is 2.41. The van der Waals surface area contributed by atoms with Crippen molar-refractivity contribution in [3.8, 4) is 17.1 Å². The van der Waals surface area contributed by atoms with Gasteiger partial charge in [-0.05, 0) is 25.5 Å². The van der Waals surface area contributed by atoms with E-state index in [9.17, 15) is 0 Å². The molecule has 0 saturated carbocycles. The molecule has 2 aromatic rings. The minimum atomic E-state index is 0.710. The number of ether oxygens (including phenoxy) is 1. The number of nitrogens with one attached hydrogen (secondary N) is 1. The van der Waals surface area contributed by atoms with Gasteiger partial charge in [0, 0.05) is 18.8 Å². The summed E-state index contributed by atoms with van der Waals surface area (Å²) in [6, 6.07) is 5.61. The minimum absolute atomic E-state index is 0.710. The standard InChI is InChI=1S/C14H18N4O/c1-4-7-15-13-9-11(17-10(2)18-13)14-12(19-3)6-5-8-16-14/h5-6,8-9H,4,7H2,1-3H3,(H,15,17,18). The van der Waals surface area contributed by atoms with E-state index in [-0.39, 0.29) is 0 Å². The highest BCUT2D eigenvalue weighted by Gasteiger charge is 2.10. The van der Waals surface area contributed by atoms with Crippen LogP contribution in [0.15, 0.2) is 24.4 Å². The zero-order valence-corrected chi connectivity index (χ0v) is 11.5. The molecule has 0 atom stereocenters. The Morgan fingerprint density at radius 1 is 1.32 bits per heavy atom. The summed E-state index contributed by atoms with van der Waals surface area (Å²) in [5, 5.41) is 3.26. The average molecular weight is 258 g/mol. The second-order valence-electron chi connectivity index (χ2n) is 4.17. The van der Waals surface area contributed by atoms with E-state index in [4.69, 9.17) is 4.74 Å². The van der Waals surface area contributed by atoms with Gasteiger partial charge in [0.25, 0.3) is 0 Å². The summed E-state index contributed by atoms with van der Waals surface area (Å²) in [5.74, 6) is 2.24. The Kier molecular flexibility index (Phi) is 4.28. The second-order valence-corrected chi connectivity index (χ2v) is 4.17. The van der Waals surface area contributed by atoms with Crippen LogP contribution in [0.1, 0.15) is 19.2 Å². The van der Waals surface area contributed by atoms with Crippen molar-refractivity contribution < 1.29 is 4.74 Å². The maximum atomic E-state index is 5.32. The van der Waals surface area contributed by atoms with E-state index in [1.807, 2.05) is 25.1 Å². The lowest BCUT2D eigenvalue weighted by atomic mass is 10.2. The number of anilines is 1. The van der Waals surface area contributed by atoms with Gasteiger partial charge in [-0.25, -0.2) is 9.97 Å². The Hall–Kier alpha value is -2.17. The lowest BCUT2D eigenvalue weighted by molar-refractivity contribution is 0.414. The predicted molar refractivity (Wildman–Crippen MR) is 75.3 cm³/mol. The monoisotopic (exact) mass is 258 g/mol. The average Bonchev–Trinajstić information content (AvgIpc) is 2.44. The first kappa shape index (κ1) is 13.3. The lowest BCUT2D eigenvalue weighted by Crippen LogP contribution is -2.05. The maximum Gasteiger partial charge on any atom is 0.146 e. The van der Waals surface area contributed by atoms with Crippen LogP contribution in [-0.4, -0.2) is 28.6 Å². The van der Waals surface area contributed by atoms with E-state index < -0.39 is 0 Å². The molecular weight excluding hydrogens is 240 g/mol. The Morgan fingerprint density at radius 3 is 2.89 bits per heavy atom. The van der Waals surface area contributed by atoms with Crippen LogP contribution in [0.4, 0.5) is 5.82 Å². The highest BCUT2D eigenvalue weighted by Crippen LogP contribution is 2.26. The van der Waals surface area contributed by atoms with Gasteiger partial charge in [-0.2, -0.15) is 0 Å². The molecule has 2 aromatic heterocycles. The summed E-state index contributed by atoms with van der Waals surface area (Å²) in [6.07, 6.45) is 2.78. The molecule has 0 aliphatic carbocycles. The highest BCUT2D eigenvalue weighted by molar-refractivity contribution is 5.65. The van der Waals surface area contributed by atoms with Crippen LogP contribution in [0.2, 0.25) is 0 Å². The lowest BCUT2D eigenvalue weighted by Gasteiger charge is -2.09. The summed E-state index contributed by atoms with van der Waals surface area (Å²) in [5.41, 5.74) is 1.50. The minimum Gasteiger partial charge on any atom is -0.494 e. The van der Waals surface area contributed by atoms with Gasteiger partial charge >= 0.3 is 0 Å². The molecular formula is C14H18N4O. The van der Waals surface area contributed by atoms with E-state index in [1.54, 1.807) is 13.3 Å². The van der Waals surface area contributed by atoms with Gasteiger partial charge in [0.15, 0.2) is 0 Å². The van der Waals surface area contributed by atoms with Crippen LogP contribution in [-0.2, 0) is 0 Å². The molecule has 0 radical (unpaired) electrons. The second kappa shape index (κ2) is 6.13. The molecule has 0 amide bonds. The Labute approximate surface area is 113 Å². The van der Waals surface area contributed by atoms with Crippen LogP contribution in [0.5, 0.6) is 5.75 Å². The molecule has 0 spiro atoms. The fourth-order valence-electron chi connectivity index (χ4n) is 1.78. The Bertz CT molecular complexity index is 557. The van der Waals surface area contributed by atoms with E-state index in [1.165, 1.54) is 0 Å². The molecule has 5 heteroatoms. The van der Waals surface area contributed by atoms with E-state index in [2.05, 4.69) is 27.2 Å². The van der Waals surface area contributed by atoms with E-state index in [0.717, 1.165) is 30.2 Å². The van der Waals surface area contributed by atoms with Gasteiger partial charge in [0.2, 0.25) is 0 Å². The molecule has 0 aliphatic heterocycles. The molecule has 5 nitrogen and oxygen atoms in total. The predicted octanol–water partition coefficient (Wildman–Crippen LogP) is 2.68. The number of rotatable bonds is 5. The Morgan fingerprint density at radius 2 is 2.16 bits per heavy atom. The number of aromatic nitrogens is 3. The van der Waals surface area contributed by atoms with Crippen LogP contribution < -0.4 is 10.1 Å². The molecule has 100 valence electrons. The number of pyridine rings is 1. The van der Waals surface area contributed by atoms with Gasteiger partial charge in [0.05, 0.1) is 12.8 Å². The summed E-state index contributed by atoms with van der Waals surface area (Å²) in [7, 11) is 1.63. The number of methoxy groups -OCH3 is 1. The van der Waals surface area contributed by atoms with Crippen LogP contribution >= 0.6 is 0 Å². The van der Waals surface area contributed by atoms with Gasteiger partial charge in [-0.3, -0.25) is 4.98 Å². The van der Waals surface area contributed by atoms with Crippen molar-refractivity contribution in [3.05, 3.63) is 30.2 Å². The quantitative estimate of drug-likeness (QED) is 0.893. The van der Waals surface area contributed by atoms with E-state index in [0.29, 0.717) is 11.6 Å². The first-order valence-electron chi connectivity index (χ1n) is 6.33. The van der Waals surface area contributed by atoms with Gasteiger partial charge in [-0.15, -0.1) is 0 Å². The van der Waals surface area contributed by atoms with Crippen molar-refractivity contribution in [1.82, 2.24) is 15.0 Å². The largest absolute Gasteiger partial charge is 0.494 e. The van der Waals surface area contributed by atoms with E-state index >= 15 is 0 Å². The number of hydrogen-bond acceptors (Lipinski definition) is 5. The van der Waals surface area contributed by atoms with Crippen molar-refractivity contribution in [2.24, 2.45) is 0 Å². The number of nitrogens with zero attached hydrogens (tertiary/aromatic N) is 3. The summed E-state index contributed by atoms with van der Waals surface area (Å²) in [4.78, 5) is 13.1. The molecule has 0 fully saturated rings. The number of aryl methyl sites for hydroxylation is 1. The third-order valence-corrected chi connectivity index (χ3v) is 2.63. The molecule has 0 aromatic carbocycles. The van der Waals surface area contributed by atoms with Crippen molar-refractivity contribution in [2.75, 3.05) is 19.0 Å². The fourth-order valence-corrected chi connectivity index (χ4v) is 1.78. The van der Waals surface area contributed by atoms with Crippen LogP contribution in [0.25, 0.3) is 11.4 Å². The molecule has 0 unspecified atom stereocenters. The van der Waals surface area contributed by atoms with Gasteiger partial charge in [-0.1, -0.05) is 6.92 Å². The highest BCUT2D eigenvalue weighted by atomic mass is 16.5. The zero-order chi connectivity index (χ0) is 13.7. The van der Waals surface area contributed by atoms with Crippen molar-refractivity contribution in [3.63, 3.8) is 0 Å². The third-order valence-electron chi connectivity index (χ3n) is 2.63. The molecule has 0 saturated heterocycles. The van der Waals surface area contributed by atoms with Crippen LogP contribution in [0, 0.1) is 6.92 Å². The van der Waals surface area contributed by atoms with Crippen LogP contribution in [0.3, 0.4) is 0 Å². The van der Waals surface area contributed by atoms with Crippen molar-refractivity contribution >= 4 is 5.82 Å². The molecule has 19 heavy (non-hydrogen) atoms. The maximum absolute atomic E-state index is 5.32. The SMILES string of the molecule is CCCNc1cc(-c2ncccc2OC)nc(C)n1. The zero-order valence-electron chi connectivity index (χ0n) is 11.5. The van der Waals surface area contributed by atoms with Gasteiger partial charge < -0.3 is 10.1 Å². The third kappa shape index (κ3) is 3.19. The van der Waals surface area contributed by atoms with Crippen molar-refractivity contribution in [1.29, 1.82) is 0 Å². The molecule has 1 N–H and O–H groups in total. The van der Waals surface area contributed by atoms with Gasteiger partial charge in [0.1, 0.15) is 23.1 Å². The first-order valence-corrected chi connectivity index (χ1v) is 6.33. The topological polar surface area (TPSA) is 59.9 Å². The fraction of sp³-hybridized carbons (Fsp3) is 0.357. The number of hydrogen-bond donors (Lipinski definition) is 1. The molecule has 2 heterocycles. The first-order chi connectivity index (χ1) is 9.24. The summed E-state index contributed by atoms with van der Waals surface area (Å²) >= 11 is 0. The normalized spacial score (nSPS) is 10.3. The smallest absolute Gasteiger partial charge is 0.146 e. The molecule has 2 rings (SSSR count). The molecule has 0 aliphatic rings. The summed E-state index contributed by atoms with van der Waals surface area (Å²) < 4.78 is 5.32. The van der Waals surface area contributed by atoms with Crippen molar-refractivity contribution in [2.45, 2.75) is 20.3 Å². The molecule has 0 bridgehead atoms.